The Labute approximate surface area is 209 Å². The lowest BCUT2D eigenvalue weighted by Gasteiger charge is -2.31. The van der Waals surface area contributed by atoms with Crippen LogP contribution in [-0.2, 0) is 22.2 Å². The Kier molecular flexibility index (Phi) is 8.32. The summed E-state index contributed by atoms with van der Waals surface area (Å²) in [4.78, 5) is -1.29. The first-order chi connectivity index (χ1) is 16.3. The number of benzene rings is 2. The number of alkyl halides is 6. The molecule has 13 heteroatoms. The Bertz CT molecular complexity index is 1260. The lowest BCUT2D eigenvalue weighted by Crippen LogP contribution is -2.40. The third-order valence-electron chi connectivity index (χ3n) is 5.24. The van der Waals surface area contributed by atoms with Crippen LogP contribution in [0.5, 0.6) is 0 Å². The zero-order valence-corrected chi connectivity index (χ0v) is 21.0. The van der Waals surface area contributed by atoms with E-state index in [2.05, 4.69) is 10.6 Å². The molecule has 0 fully saturated rings. The van der Waals surface area contributed by atoms with Gasteiger partial charge in [0.05, 0.1) is 16.0 Å². The standard InChI is InChI=1S/C23H22ClF6N3O2S/c1-13(21(2,3)4)32-20(19(12-31)36(34,35)18-7-5-16(24)6-8-18)33-17-10-14(22(25,26)27)9-15(11-17)23(28,29)30/h5-11,13,32-33H,1-4H3/b20-19-/t13-/m1/s1. The molecule has 0 amide bonds. The number of hydrogen-bond donors (Lipinski definition) is 2. The highest BCUT2D eigenvalue weighted by Crippen LogP contribution is 2.38. The van der Waals surface area contributed by atoms with Crippen molar-refractivity contribution in [3.8, 4) is 6.07 Å². The molecule has 0 bridgehead atoms. The van der Waals surface area contributed by atoms with Gasteiger partial charge in [-0.25, -0.2) is 8.42 Å². The molecule has 0 aliphatic heterocycles. The number of hydrogen-bond acceptors (Lipinski definition) is 5. The second-order valence-electron chi connectivity index (χ2n) is 8.92. The van der Waals surface area contributed by atoms with Gasteiger partial charge in [-0.2, -0.15) is 31.6 Å². The largest absolute Gasteiger partial charge is 0.416 e. The van der Waals surface area contributed by atoms with Crippen molar-refractivity contribution in [3.63, 3.8) is 0 Å². The van der Waals surface area contributed by atoms with E-state index < -0.39 is 61.2 Å². The molecule has 2 aromatic rings. The summed E-state index contributed by atoms with van der Waals surface area (Å²) in [5.74, 6) is -0.581. The molecule has 2 N–H and O–H groups in total. The Morgan fingerprint density at radius 3 is 1.81 bits per heavy atom. The summed E-state index contributed by atoms with van der Waals surface area (Å²) in [7, 11) is -4.56. The van der Waals surface area contributed by atoms with Crippen LogP contribution in [0.15, 0.2) is 58.1 Å². The van der Waals surface area contributed by atoms with Crippen molar-refractivity contribution in [1.29, 1.82) is 5.26 Å². The molecule has 0 spiro atoms. The number of allylic oxidation sites excluding steroid dienone is 1. The van der Waals surface area contributed by atoms with Crippen molar-refractivity contribution in [1.82, 2.24) is 5.32 Å². The Morgan fingerprint density at radius 2 is 1.42 bits per heavy atom. The predicted molar refractivity (Wildman–Crippen MR) is 123 cm³/mol. The summed E-state index contributed by atoms with van der Waals surface area (Å²) in [5, 5.41) is 15.0. The van der Waals surface area contributed by atoms with Gasteiger partial charge in [0.1, 0.15) is 11.9 Å². The first-order valence-corrected chi connectivity index (χ1v) is 12.1. The van der Waals surface area contributed by atoms with Gasteiger partial charge in [0, 0.05) is 16.8 Å². The minimum absolute atomic E-state index is 0.0601. The number of halogens is 7. The topological polar surface area (TPSA) is 82.0 Å². The molecule has 0 unspecified atom stereocenters. The Hall–Kier alpha value is -2.91. The lowest BCUT2D eigenvalue weighted by molar-refractivity contribution is -0.143. The van der Waals surface area contributed by atoms with Crippen LogP contribution in [0, 0.1) is 16.7 Å². The number of nitrogens with one attached hydrogen (secondary N) is 2. The highest BCUT2D eigenvalue weighted by Gasteiger charge is 2.37. The molecule has 0 aliphatic carbocycles. The molecule has 1 atom stereocenters. The average Bonchev–Trinajstić information content (AvgIpc) is 2.72. The normalized spacial score (nSPS) is 14.5. The van der Waals surface area contributed by atoms with Gasteiger partial charge in [0.2, 0.25) is 9.84 Å². The number of nitriles is 1. The average molecular weight is 554 g/mol. The molecular formula is C23H22ClF6N3O2S. The minimum Gasteiger partial charge on any atom is -0.367 e. The lowest BCUT2D eigenvalue weighted by atomic mass is 9.88. The maximum absolute atomic E-state index is 13.3. The molecule has 0 saturated heterocycles. The summed E-state index contributed by atoms with van der Waals surface area (Å²) in [5.41, 5.74) is -4.49. The van der Waals surface area contributed by atoms with Gasteiger partial charge in [-0.05, 0) is 54.8 Å². The molecule has 0 radical (unpaired) electrons. The zero-order chi connectivity index (χ0) is 27.7. The van der Waals surface area contributed by atoms with Gasteiger partial charge in [-0.15, -0.1) is 0 Å². The Morgan fingerprint density at radius 1 is 0.944 bits per heavy atom. The van der Waals surface area contributed by atoms with Gasteiger partial charge in [-0.3, -0.25) is 0 Å². The molecule has 0 heterocycles. The molecule has 0 saturated carbocycles. The molecule has 2 aromatic carbocycles. The summed E-state index contributed by atoms with van der Waals surface area (Å²) >= 11 is 5.79. The van der Waals surface area contributed by atoms with Crippen LogP contribution in [0.3, 0.4) is 0 Å². The van der Waals surface area contributed by atoms with Crippen LogP contribution in [-0.4, -0.2) is 14.5 Å². The monoisotopic (exact) mass is 553 g/mol. The summed E-state index contributed by atoms with van der Waals surface area (Å²) in [6, 6.07) is 6.39. The first-order valence-electron chi connectivity index (χ1n) is 10.2. The van der Waals surface area contributed by atoms with Crippen molar-refractivity contribution in [2.45, 2.75) is 51.0 Å². The number of anilines is 1. The molecule has 2 rings (SSSR count). The molecule has 36 heavy (non-hydrogen) atoms. The summed E-state index contributed by atoms with van der Waals surface area (Å²) in [6.07, 6.45) is -10.2. The van der Waals surface area contributed by atoms with Gasteiger partial charge >= 0.3 is 12.4 Å². The fourth-order valence-electron chi connectivity index (χ4n) is 2.74. The van der Waals surface area contributed by atoms with E-state index in [1.807, 2.05) is 0 Å². The van der Waals surface area contributed by atoms with Crippen molar-refractivity contribution in [2.24, 2.45) is 5.41 Å². The highest BCUT2D eigenvalue weighted by atomic mass is 35.5. The summed E-state index contributed by atoms with van der Waals surface area (Å²) in [6.45, 7) is 6.88. The van der Waals surface area contributed by atoms with Crippen molar-refractivity contribution >= 4 is 27.1 Å². The fourth-order valence-corrected chi connectivity index (χ4v) is 4.10. The predicted octanol–water partition coefficient (Wildman–Crippen LogP) is 6.98. The van der Waals surface area contributed by atoms with Crippen molar-refractivity contribution in [3.05, 3.63) is 69.3 Å². The van der Waals surface area contributed by atoms with E-state index in [4.69, 9.17) is 11.6 Å². The Balaban J connectivity index is 2.78. The van der Waals surface area contributed by atoms with Gasteiger partial charge < -0.3 is 10.6 Å². The van der Waals surface area contributed by atoms with E-state index in [1.165, 1.54) is 18.2 Å². The van der Waals surface area contributed by atoms with E-state index in [0.29, 0.717) is 12.1 Å². The SMILES string of the molecule is C[C@@H](N/C(Nc1cc(C(F)(F)F)cc(C(F)(F)F)c1)=C(\C#N)S(=O)(=O)c1ccc(Cl)cc1)C(C)(C)C. The third-order valence-corrected chi connectivity index (χ3v) is 7.22. The van der Waals surface area contributed by atoms with Crippen LogP contribution >= 0.6 is 11.6 Å². The quantitative estimate of drug-likeness (QED) is 0.298. The van der Waals surface area contributed by atoms with Crippen LogP contribution < -0.4 is 10.6 Å². The highest BCUT2D eigenvalue weighted by molar-refractivity contribution is 7.95. The maximum atomic E-state index is 13.3. The van der Waals surface area contributed by atoms with Crippen LogP contribution in [0.2, 0.25) is 5.02 Å². The van der Waals surface area contributed by atoms with E-state index in [9.17, 15) is 40.0 Å². The molecule has 5 nitrogen and oxygen atoms in total. The second kappa shape index (κ2) is 10.2. The maximum Gasteiger partial charge on any atom is 0.416 e. The van der Waals surface area contributed by atoms with Crippen molar-refractivity contribution in [2.75, 3.05) is 5.32 Å². The molecule has 196 valence electrons. The van der Waals surface area contributed by atoms with Gasteiger partial charge in [-0.1, -0.05) is 32.4 Å². The summed E-state index contributed by atoms with van der Waals surface area (Å²) < 4.78 is 106. The van der Waals surface area contributed by atoms with Crippen LogP contribution in [0.4, 0.5) is 32.0 Å². The van der Waals surface area contributed by atoms with Crippen LogP contribution in [0.25, 0.3) is 0 Å². The minimum atomic E-state index is -5.12. The zero-order valence-electron chi connectivity index (χ0n) is 19.4. The first kappa shape index (κ1) is 29.3. The van der Waals surface area contributed by atoms with Gasteiger partial charge in [0.25, 0.3) is 0 Å². The number of nitrogens with zero attached hydrogens (tertiary/aromatic N) is 1. The second-order valence-corrected chi connectivity index (χ2v) is 11.2. The van der Waals surface area contributed by atoms with E-state index in [1.54, 1.807) is 27.7 Å². The van der Waals surface area contributed by atoms with E-state index in [-0.39, 0.29) is 16.0 Å². The molecule has 0 aliphatic rings. The number of rotatable bonds is 6. The van der Waals surface area contributed by atoms with E-state index >= 15 is 0 Å². The third kappa shape index (κ3) is 7.07. The smallest absolute Gasteiger partial charge is 0.367 e. The van der Waals surface area contributed by atoms with E-state index in [0.717, 1.165) is 12.1 Å². The van der Waals surface area contributed by atoms with Gasteiger partial charge in [0.15, 0.2) is 4.91 Å². The molecular weight excluding hydrogens is 532 g/mol. The van der Waals surface area contributed by atoms with Crippen LogP contribution in [0.1, 0.15) is 38.8 Å². The fraction of sp³-hybridized carbons (Fsp3) is 0.348. The molecule has 0 aromatic heterocycles. The van der Waals surface area contributed by atoms with Crippen molar-refractivity contribution < 1.29 is 34.8 Å². The number of sulfone groups is 1.